The van der Waals surface area contributed by atoms with Crippen molar-refractivity contribution < 1.29 is 74.8 Å². The van der Waals surface area contributed by atoms with Crippen molar-refractivity contribution >= 4 is 17.9 Å². The quantitative estimate of drug-likeness (QED) is 0.0678. The molecule has 1 heterocycles. The van der Waals surface area contributed by atoms with Crippen LogP contribution in [0.5, 0.6) is 0 Å². The predicted octanol–water partition coefficient (Wildman–Crippen LogP) is -7.08. The van der Waals surface area contributed by atoms with Gasteiger partial charge in [0, 0.05) is 0 Å². The molecule has 3 unspecified atom stereocenters. The zero-order valence-corrected chi connectivity index (χ0v) is 17.2. The van der Waals surface area contributed by atoms with E-state index in [0.717, 1.165) is 0 Å². The minimum atomic E-state index is -2.01. The number of rotatable bonds is 13. The molecule has 0 aliphatic carbocycles. The zero-order chi connectivity index (χ0) is 25.1. The SMILES string of the molecule is O=C(CC[NH+]([O-])O)OC[C@H]1O[C@H](O)[C@H](OC(=O)CC[NH+]([O-])O)[C@@H](OC(=O)CC[NH+]([O-])O)[C@@H]1O. The van der Waals surface area contributed by atoms with Crippen molar-refractivity contribution in [2.24, 2.45) is 0 Å². The van der Waals surface area contributed by atoms with E-state index in [1.54, 1.807) is 0 Å². The number of ether oxygens (including phenoxy) is 4. The van der Waals surface area contributed by atoms with E-state index in [-0.39, 0.29) is 0 Å². The third-order valence-electron chi connectivity index (χ3n) is 4.21. The molecule has 0 aromatic rings. The molecule has 0 radical (unpaired) electrons. The lowest BCUT2D eigenvalue weighted by molar-refractivity contribution is -1.05. The highest BCUT2D eigenvalue weighted by Crippen LogP contribution is 2.26. The minimum absolute atomic E-state index is 0.488. The van der Waals surface area contributed by atoms with Crippen molar-refractivity contribution in [1.82, 2.24) is 0 Å². The minimum Gasteiger partial charge on any atom is -0.600 e. The Bertz CT molecular complexity index is 634. The van der Waals surface area contributed by atoms with E-state index < -0.39 is 110 Å². The van der Waals surface area contributed by atoms with Gasteiger partial charge in [0.05, 0.1) is 19.3 Å². The molecule has 18 nitrogen and oxygen atoms in total. The van der Waals surface area contributed by atoms with E-state index in [1.807, 2.05) is 0 Å². The summed E-state index contributed by atoms with van der Waals surface area (Å²) in [5.74, 6) is -3.21. The van der Waals surface area contributed by atoms with Crippen LogP contribution in [0, 0.1) is 15.6 Å². The van der Waals surface area contributed by atoms with E-state index in [9.17, 15) is 40.2 Å². The van der Waals surface area contributed by atoms with E-state index in [1.165, 1.54) is 0 Å². The van der Waals surface area contributed by atoms with Gasteiger partial charge in [-0.2, -0.15) is 0 Å². The summed E-state index contributed by atoms with van der Waals surface area (Å²) in [6.07, 6.45) is -10.7. The summed E-state index contributed by atoms with van der Waals surface area (Å²) in [5.41, 5.74) is 0. The number of quaternary nitrogens is 3. The van der Waals surface area contributed by atoms with E-state index in [4.69, 9.17) is 34.6 Å². The number of aliphatic hydroxyl groups excluding tert-OH is 2. The number of carbonyl (C=O) groups is 3. The number of carbonyl (C=O) groups excluding carboxylic acids is 3. The molecule has 1 aliphatic rings. The number of hydrogen-bond acceptors (Lipinski definition) is 15. The number of nitrogens with one attached hydrogen (secondary N) is 3. The van der Waals surface area contributed by atoms with Gasteiger partial charge in [0.25, 0.3) is 0 Å². The lowest BCUT2D eigenvalue weighted by Gasteiger charge is -2.41. The molecule has 8 atom stereocenters. The maximum atomic E-state index is 12.0. The summed E-state index contributed by atoms with van der Waals surface area (Å²) in [6, 6.07) is 0. The highest BCUT2D eigenvalue weighted by Gasteiger charge is 2.49. The third kappa shape index (κ3) is 11.1. The van der Waals surface area contributed by atoms with E-state index in [2.05, 4.69) is 0 Å². The fourth-order valence-corrected chi connectivity index (χ4v) is 2.60. The smallest absolute Gasteiger partial charge is 0.312 e. The van der Waals surface area contributed by atoms with Crippen LogP contribution >= 0.6 is 0 Å². The Morgan fingerprint density at radius 3 is 1.64 bits per heavy atom. The van der Waals surface area contributed by atoms with Crippen molar-refractivity contribution in [3.05, 3.63) is 15.6 Å². The summed E-state index contributed by atoms with van der Waals surface area (Å²) < 4.78 is 19.7. The second-order valence-corrected chi connectivity index (χ2v) is 6.83. The standard InChI is InChI=1S/C15H27N3O15/c19-9(1-4-16(24)25)30-7-8-12(22)13(32-10(20)2-5-17(26)27)14(15(23)31-8)33-11(21)3-6-18(28)29/h8,12-18,22-24,26,28H,1-7H2/t8-,12-,13+,14-,15+/m1/s1. The Labute approximate surface area is 185 Å². The Morgan fingerprint density at radius 2 is 1.18 bits per heavy atom. The van der Waals surface area contributed by atoms with Crippen LogP contribution < -0.4 is 15.7 Å². The molecule has 33 heavy (non-hydrogen) atoms. The number of hydroxylamine groups is 6. The first-order valence-electron chi connectivity index (χ1n) is 9.62. The van der Waals surface area contributed by atoms with E-state index >= 15 is 0 Å². The molecule has 1 fully saturated rings. The van der Waals surface area contributed by atoms with Gasteiger partial charge in [-0.1, -0.05) is 0 Å². The van der Waals surface area contributed by atoms with Crippen molar-refractivity contribution in [1.29, 1.82) is 0 Å². The van der Waals surface area contributed by atoms with Crippen LogP contribution in [0.4, 0.5) is 0 Å². The van der Waals surface area contributed by atoms with Crippen molar-refractivity contribution in [3.8, 4) is 0 Å². The maximum absolute atomic E-state index is 12.0. The number of aliphatic hydroxyl groups is 2. The predicted molar refractivity (Wildman–Crippen MR) is 94.4 cm³/mol. The normalized spacial score (nSPS) is 27.8. The van der Waals surface area contributed by atoms with Gasteiger partial charge in [-0.05, 0) is 0 Å². The molecule has 0 bridgehead atoms. The van der Waals surface area contributed by atoms with Gasteiger partial charge in [-0.3, -0.25) is 14.4 Å². The molecular formula is C15H27N3O15. The van der Waals surface area contributed by atoms with Crippen molar-refractivity contribution in [3.63, 3.8) is 0 Å². The molecule has 1 saturated heterocycles. The van der Waals surface area contributed by atoms with Crippen molar-refractivity contribution in [2.75, 3.05) is 26.2 Å². The van der Waals surface area contributed by atoms with Crippen LogP contribution in [-0.2, 0) is 33.3 Å². The summed E-state index contributed by atoms with van der Waals surface area (Å²) in [7, 11) is 0. The highest BCUT2D eigenvalue weighted by molar-refractivity contribution is 5.71. The molecule has 0 spiro atoms. The van der Waals surface area contributed by atoms with Crippen LogP contribution in [0.25, 0.3) is 0 Å². The Morgan fingerprint density at radius 1 is 0.758 bits per heavy atom. The van der Waals surface area contributed by atoms with Crippen LogP contribution in [0.15, 0.2) is 0 Å². The molecule has 0 aromatic heterocycles. The lowest BCUT2D eigenvalue weighted by atomic mass is 9.98. The monoisotopic (exact) mass is 489 g/mol. The first-order chi connectivity index (χ1) is 15.4. The number of hydrogen-bond donors (Lipinski definition) is 8. The molecule has 192 valence electrons. The first-order valence-corrected chi connectivity index (χ1v) is 9.62. The van der Waals surface area contributed by atoms with Gasteiger partial charge in [0.15, 0.2) is 18.5 Å². The van der Waals surface area contributed by atoms with Gasteiger partial charge in [-0.15, -0.1) is 0 Å². The first kappa shape index (κ1) is 29.0. The van der Waals surface area contributed by atoms with Gasteiger partial charge in [0.1, 0.15) is 38.4 Å². The van der Waals surface area contributed by atoms with E-state index in [0.29, 0.717) is 0 Å². The molecule has 0 saturated carbocycles. The summed E-state index contributed by atoms with van der Waals surface area (Å²) in [6.45, 7) is -2.44. The molecular weight excluding hydrogens is 462 g/mol. The molecule has 18 heteroatoms. The van der Waals surface area contributed by atoms with Gasteiger partial charge < -0.3 is 44.8 Å². The molecule has 1 rings (SSSR count). The van der Waals surface area contributed by atoms with Gasteiger partial charge in [0.2, 0.25) is 0 Å². The zero-order valence-electron chi connectivity index (χ0n) is 17.2. The van der Waals surface area contributed by atoms with Crippen LogP contribution in [0.1, 0.15) is 19.3 Å². The van der Waals surface area contributed by atoms with Crippen LogP contribution in [0.3, 0.4) is 0 Å². The fraction of sp³-hybridized carbons (Fsp3) is 0.800. The largest absolute Gasteiger partial charge is 0.600 e. The van der Waals surface area contributed by atoms with Gasteiger partial charge >= 0.3 is 17.9 Å². The van der Waals surface area contributed by atoms with Crippen LogP contribution in [-0.4, -0.2) is 101 Å². The average molecular weight is 489 g/mol. The second kappa shape index (κ2) is 14.2. The lowest BCUT2D eigenvalue weighted by Crippen LogP contribution is -3.04. The average Bonchev–Trinajstić information content (AvgIpc) is 2.72. The topological polar surface area (TPSA) is 272 Å². The fourth-order valence-electron chi connectivity index (χ4n) is 2.60. The summed E-state index contributed by atoms with van der Waals surface area (Å²) >= 11 is 0. The Hall–Kier alpha value is -2.07. The summed E-state index contributed by atoms with van der Waals surface area (Å²) in [5, 5.41) is 74.4. The molecule has 1 aliphatic heterocycles. The highest BCUT2D eigenvalue weighted by atomic mass is 16.8. The van der Waals surface area contributed by atoms with Crippen molar-refractivity contribution in [2.45, 2.75) is 50.0 Å². The number of esters is 3. The molecule has 0 aromatic carbocycles. The third-order valence-corrected chi connectivity index (χ3v) is 4.21. The van der Waals surface area contributed by atoms with Gasteiger partial charge in [-0.25, -0.2) is 31.3 Å². The maximum Gasteiger partial charge on any atom is 0.312 e. The summed E-state index contributed by atoms with van der Waals surface area (Å²) in [4.78, 5) is 35.4. The molecule has 0 amide bonds. The second-order valence-electron chi connectivity index (χ2n) is 6.83. The molecule has 8 N–H and O–H groups in total. The van der Waals surface area contributed by atoms with Crippen LogP contribution in [0.2, 0.25) is 0 Å². The Kier molecular flexibility index (Phi) is 12.5. The Balaban J connectivity index is 2.86.